The first-order chi connectivity index (χ1) is 9.24. The highest BCUT2D eigenvalue weighted by molar-refractivity contribution is 5.23. The molecule has 0 unspecified atom stereocenters. The van der Waals surface area contributed by atoms with E-state index in [-0.39, 0.29) is 0 Å². The number of rotatable bonds is 5. The van der Waals surface area contributed by atoms with Crippen LogP contribution in [0, 0.1) is 5.92 Å². The third-order valence-corrected chi connectivity index (χ3v) is 3.82. The largest absolute Gasteiger partial charge is 0.315 e. The highest BCUT2D eigenvalue weighted by atomic mass is 15.1. The number of nitrogens with one attached hydrogen (secondary N) is 1. The molecule has 2 nitrogen and oxygen atoms in total. The van der Waals surface area contributed by atoms with E-state index in [1.807, 2.05) is 0 Å². The molecular weight excluding hydrogens is 232 g/mol. The minimum Gasteiger partial charge on any atom is -0.315 e. The first-order valence-electron chi connectivity index (χ1n) is 7.75. The molecule has 0 saturated carbocycles. The van der Waals surface area contributed by atoms with E-state index in [1.165, 1.54) is 56.6 Å². The fourth-order valence-electron chi connectivity index (χ4n) is 2.73. The third kappa shape index (κ3) is 5.33. The van der Waals surface area contributed by atoms with Gasteiger partial charge in [0.1, 0.15) is 0 Å². The Hall–Kier alpha value is -0.860. The molecule has 1 heterocycles. The van der Waals surface area contributed by atoms with E-state index in [4.69, 9.17) is 0 Å². The molecular formula is C17H28N2. The molecule has 106 valence electrons. The summed E-state index contributed by atoms with van der Waals surface area (Å²) in [5.74, 6) is 0.746. The fraction of sp³-hybridized carbons (Fsp3) is 0.647. The molecule has 1 N–H and O–H groups in total. The molecule has 1 aromatic rings. The molecule has 2 rings (SSSR count). The lowest BCUT2D eigenvalue weighted by molar-refractivity contribution is 0.296. The van der Waals surface area contributed by atoms with Crippen molar-refractivity contribution < 1.29 is 0 Å². The van der Waals surface area contributed by atoms with Crippen molar-refractivity contribution in [3.05, 3.63) is 35.4 Å². The zero-order valence-corrected chi connectivity index (χ0v) is 12.5. The third-order valence-electron chi connectivity index (χ3n) is 3.82. The van der Waals surface area contributed by atoms with Crippen molar-refractivity contribution in [2.45, 2.75) is 33.1 Å². The van der Waals surface area contributed by atoms with Crippen LogP contribution in [0.1, 0.15) is 31.4 Å². The maximum atomic E-state index is 3.46. The summed E-state index contributed by atoms with van der Waals surface area (Å²) in [5.41, 5.74) is 2.95. The van der Waals surface area contributed by atoms with Gasteiger partial charge in [0.05, 0.1) is 0 Å². The fourth-order valence-corrected chi connectivity index (χ4v) is 2.73. The van der Waals surface area contributed by atoms with Gasteiger partial charge in [-0.25, -0.2) is 0 Å². The van der Waals surface area contributed by atoms with Crippen molar-refractivity contribution in [2.24, 2.45) is 5.92 Å². The smallest absolute Gasteiger partial charge is 0.0107 e. The summed E-state index contributed by atoms with van der Waals surface area (Å²) in [4.78, 5) is 2.59. The molecule has 1 aromatic carbocycles. The van der Waals surface area contributed by atoms with Crippen LogP contribution in [-0.4, -0.2) is 37.6 Å². The molecule has 2 heteroatoms. The monoisotopic (exact) mass is 260 g/mol. The molecule has 0 spiro atoms. The van der Waals surface area contributed by atoms with Crippen LogP contribution in [0.4, 0.5) is 0 Å². The Bertz CT molecular complexity index is 348. The molecule has 0 aliphatic carbocycles. The Labute approximate surface area is 118 Å². The molecule has 19 heavy (non-hydrogen) atoms. The Morgan fingerprint density at radius 2 is 1.79 bits per heavy atom. The topological polar surface area (TPSA) is 15.3 Å². The van der Waals surface area contributed by atoms with Crippen LogP contribution < -0.4 is 5.32 Å². The van der Waals surface area contributed by atoms with Gasteiger partial charge in [0.2, 0.25) is 0 Å². The average molecular weight is 260 g/mol. The van der Waals surface area contributed by atoms with Crippen molar-refractivity contribution in [1.82, 2.24) is 10.2 Å². The van der Waals surface area contributed by atoms with Gasteiger partial charge in [-0.05, 0) is 49.4 Å². The van der Waals surface area contributed by atoms with Crippen molar-refractivity contribution >= 4 is 0 Å². The van der Waals surface area contributed by atoms with E-state index in [1.54, 1.807) is 0 Å². The molecule has 1 aliphatic heterocycles. The van der Waals surface area contributed by atoms with E-state index in [0.29, 0.717) is 0 Å². The Balaban J connectivity index is 1.78. The maximum Gasteiger partial charge on any atom is 0.0107 e. The number of benzene rings is 1. The summed E-state index contributed by atoms with van der Waals surface area (Å²) < 4.78 is 0. The minimum absolute atomic E-state index is 0.746. The molecule has 1 fully saturated rings. The summed E-state index contributed by atoms with van der Waals surface area (Å²) in [6.45, 7) is 10.5. The van der Waals surface area contributed by atoms with Crippen molar-refractivity contribution in [3.63, 3.8) is 0 Å². The molecule has 1 aliphatic rings. The summed E-state index contributed by atoms with van der Waals surface area (Å²) in [5, 5.41) is 3.46. The lowest BCUT2D eigenvalue weighted by atomic mass is 10.0. The van der Waals surface area contributed by atoms with E-state index in [9.17, 15) is 0 Å². The van der Waals surface area contributed by atoms with Crippen LogP contribution in [0.25, 0.3) is 0 Å². The Morgan fingerprint density at radius 1 is 1.05 bits per heavy atom. The van der Waals surface area contributed by atoms with Crippen LogP contribution in [0.3, 0.4) is 0 Å². The lowest BCUT2D eigenvalue weighted by Crippen LogP contribution is -2.30. The normalized spacial score (nSPS) is 17.6. The predicted octanol–water partition coefficient (Wildman–Crippen LogP) is 2.72. The van der Waals surface area contributed by atoms with Crippen LogP contribution in [0.5, 0.6) is 0 Å². The van der Waals surface area contributed by atoms with Gasteiger partial charge in [0.15, 0.2) is 0 Å². The Morgan fingerprint density at radius 3 is 2.53 bits per heavy atom. The van der Waals surface area contributed by atoms with Gasteiger partial charge in [-0.15, -0.1) is 0 Å². The SMILES string of the molecule is CC(C)Cc1ccc(CCN2CCCNCC2)cc1. The second kappa shape index (κ2) is 7.66. The van der Waals surface area contributed by atoms with E-state index >= 15 is 0 Å². The number of hydrogen-bond acceptors (Lipinski definition) is 2. The first kappa shape index (κ1) is 14.5. The summed E-state index contributed by atoms with van der Waals surface area (Å²) in [7, 11) is 0. The van der Waals surface area contributed by atoms with Crippen LogP contribution in [0.15, 0.2) is 24.3 Å². The minimum atomic E-state index is 0.746. The summed E-state index contributed by atoms with van der Waals surface area (Å²) in [6, 6.07) is 9.24. The molecule has 0 radical (unpaired) electrons. The maximum absolute atomic E-state index is 3.46. The Kier molecular flexibility index (Phi) is 5.87. The van der Waals surface area contributed by atoms with Gasteiger partial charge < -0.3 is 10.2 Å². The van der Waals surface area contributed by atoms with Gasteiger partial charge in [-0.2, -0.15) is 0 Å². The van der Waals surface area contributed by atoms with Gasteiger partial charge in [-0.3, -0.25) is 0 Å². The highest BCUT2D eigenvalue weighted by Gasteiger charge is 2.08. The van der Waals surface area contributed by atoms with Crippen LogP contribution in [0.2, 0.25) is 0 Å². The molecule has 0 bridgehead atoms. The van der Waals surface area contributed by atoms with E-state index < -0.39 is 0 Å². The summed E-state index contributed by atoms with van der Waals surface area (Å²) >= 11 is 0. The number of hydrogen-bond donors (Lipinski definition) is 1. The molecule has 0 atom stereocenters. The van der Waals surface area contributed by atoms with Gasteiger partial charge in [0.25, 0.3) is 0 Å². The first-order valence-corrected chi connectivity index (χ1v) is 7.75. The quantitative estimate of drug-likeness (QED) is 0.876. The number of nitrogens with zero attached hydrogens (tertiary/aromatic N) is 1. The van der Waals surface area contributed by atoms with Gasteiger partial charge >= 0.3 is 0 Å². The second-order valence-electron chi connectivity index (χ2n) is 6.11. The lowest BCUT2D eigenvalue weighted by Gasteiger charge is -2.19. The standard InChI is InChI=1S/C17H28N2/c1-15(2)14-17-6-4-16(5-7-17)8-12-19-11-3-9-18-10-13-19/h4-7,15,18H,3,8-14H2,1-2H3. The molecule has 0 amide bonds. The van der Waals surface area contributed by atoms with Crippen molar-refractivity contribution in [3.8, 4) is 0 Å². The highest BCUT2D eigenvalue weighted by Crippen LogP contribution is 2.10. The zero-order chi connectivity index (χ0) is 13.5. The molecule has 1 saturated heterocycles. The molecule has 0 aromatic heterocycles. The zero-order valence-electron chi connectivity index (χ0n) is 12.5. The van der Waals surface area contributed by atoms with E-state index in [2.05, 4.69) is 48.3 Å². The van der Waals surface area contributed by atoms with Crippen LogP contribution >= 0.6 is 0 Å². The van der Waals surface area contributed by atoms with Crippen molar-refractivity contribution in [1.29, 1.82) is 0 Å². The van der Waals surface area contributed by atoms with E-state index in [0.717, 1.165) is 12.5 Å². The summed E-state index contributed by atoms with van der Waals surface area (Å²) in [6.07, 6.45) is 3.66. The van der Waals surface area contributed by atoms with Gasteiger partial charge in [0, 0.05) is 19.6 Å². The van der Waals surface area contributed by atoms with Crippen molar-refractivity contribution in [2.75, 3.05) is 32.7 Å². The van der Waals surface area contributed by atoms with Gasteiger partial charge in [-0.1, -0.05) is 38.1 Å². The van der Waals surface area contributed by atoms with Crippen LogP contribution in [-0.2, 0) is 12.8 Å². The average Bonchev–Trinajstić information content (AvgIpc) is 2.66. The predicted molar refractivity (Wildman–Crippen MR) is 82.6 cm³/mol. The second-order valence-corrected chi connectivity index (χ2v) is 6.11.